The molecule has 0 atom stereocenters. The molecular weight excluding hydrogens is 188 g/mol. The first-order chi connectivity index (χ1) is 7.26. The summed E-state index contributed by atoms with van der Waals surface area (Å²) in [6.45, 7) is 3.64. The monoisotopic (exact) mass is 204 g/mol. The normalized spacial score (nSPS) is 13.9. The van der Waals surface area contributed by atoms with Gasteiger partial charge in [0.15, 0.2) is 0 Å². The lowest BCUT2D eigenvalue weighted by molar-refractivity contribution is 0.201. The molecule has 15 heavy (non-hydrogen) atoms. The van der Waals surface area contributed by atoms with Crippen molar-refractivity contribution < 1.29 is 4.79 Å². The van der Waals surface area contributed by atoms with E-state index in [1.165, 1.54) is 16.7 Å². The van der Waals surface area contributed by atoms with Crippen molar-refractivity contribution in [3.63, 3.8) is 0 Å². The number of nitrogens with zero attached hydrogens (tertiary/aromatic N) is 1. The summed E-state index contributed by atoms with van der Waals surface area (Å²) < 4.78 is 0. The van der Waals surface area contributed by atoms with Gasteiger partial charge in [-0.3, -0.25) is 0 Å². The number of rotatable bonds is 1. The van der Waals surface area contributed by atoms with E-state index in [1.54, 1.807) is 7.05 Å². The second-order valence-corrected chi connectivity index (χ2v) is 3.82. The van der Waals surface area contributed by atoms with E-state index in [9.17, 15) is 4.79 Å². The smallest absolute Gasteiger partial charge is 0.317 e. The molecule has 0 aliphatic carbocycles. The summed E-state index contributed by atoms with van der Waals surface area (Å²) in [7, 11) is 1.67. The predicted octanol–water partition coefficient (Wildman–Crippen LogP) is 1.90. The van der Waals surface area contributed by atoms with Crippen LogP contribution in [0.5, 0.6) is 0 Å². The Morgan fingerprint density at radius 2 is 2.27 bits per heavy atom. The number of fused-ring (bicyclic) bond motifs is 1. The molecule has 0 spiro atoms. The van der Waals surface area contributed by atoms with Crippen molar-refractivity contribution in [2.75, 3.05) is 7.05 Å². The van der Waals surface area contributed by atoms with Crippen LogP contribution in [0.1, 0.15) is 23.6 Å². The lowest BCUT2D eigenvalue weighted by Gasteiger charge is -2.14. The van der Waals surface area contributed by atoms with Gasteiger partial charge in [-0.15, -0.1) is 0 Å². The SMILES string of the molecule is CCc1cccc2c1CN(C(=O)NC)C2. The van der Waals surface area contributed by atoms with E-state index in [2.05, 4.69) is 30.4 Å². The van der Waals surface area contributed by atoms with Gasteiger partial charge in [0.25, 0.3) is 0 Å². The second-order valence-electron chi connectivity index (χ2n) is 3.82. The number of nitrogens with one attached hydrogen (secondary N) is 1. The number of hydrogen-bond donors (Lipinski definition) is 1. The highest BCUT2D eigenvalue weighted by Crippen LogP contribution is 2.26. The van der Waals surface area contributed by atoms with Crippen LogP contribution in [0, 0.1) is 0 Å². The highest BCUT2D eigenvalue weighted by atomic mass is 16.2. The average molecular weight is 204 g/mol. The Labute approximate surface area is 90.1 Å². The zero-order chi connectivity index (χ0) is 10.8. The van der Waals surface area contributed by atoms with E-state index in [-0.39, 0.29) is 6.03 Å². The van der Waals surface area contributed by atoms with Gasteiger partial charge in [0.1, 0.15) is 0 Å². The first kappa shape index (κ1) is 10.0. The molecule has 1 N–H and O–H groups in total. The maximum Gasteiger partial charge on any atom is 0.317 e. The fourth-order valence-corrected chi connectivity index (χ4v) is 2.12. The van der Waals surface area contributed by atoms with Gasteiger partial charge in [0.05, 0.1) is 0 Å². The van der Waals surface area contributed by atoms with Crippen molar-refractivity contribution in [1.29, 1.82) is 0 Å². The Hall–Kier alpha value is -1.51. The zero-order valence-electron chi connectivity index (χ0n) is 9.21. The van der Waals surface area contributed by atoms with Crippen molar-refractivity contribution in [3.05, 3.63) is 34.9 Å². The fraction of sp³-hybridized carbons (Fsp3) is 0.417. The summed E-state index contributed by atoms with van der Waals surface area (Å²) in [5.41, 5.74) is 3.99. The third-order valence-electron chi connectivity index (χ3n) is 2.96. The number of carbonyl (C=O) groups is 1. The fourth-order valence-electron chi connectivity index (χ4n) is 2.12. The summed E-state index contributed by atoms with van der Waals surface area (Å²) in [6, 6.07) is 6.34. The molecular formula is C12H16N2O. The maximum atomic E-state index is 11.5. The maximum absolute atomic E-state index is 11.5. The average Bonchev–Trinajstić information content (AvgIpc) is 2.71. The largest absolute Gasteiger partial charge is 0.341 e. The third kappa shape index (κ3) is 1.69. The molecule has 0 fully saturated rings. The molecule has 0 aromatic heterocycles. The molecule has 1 heterocycles. The Morgan fingerprint density at radius 1 is 1.47 bits per heavy atom. The topological polar surface area (TPSA) is 32.3 Å². The molecule has 3 nitrogen and oxygen atoms in total. The van der Waals surface area contributed by atoms with Crippen LogP contribution >= 0.6 is 0 Å². The van der Waals surface area contributed by atoms with E-state index in [0.29, 0.717) is 0 Å². The molecule has 2 rings (SSSR count). The van der Waals surface area contributed by atoms with Crippen molar-refractivity contribution in [1.82, 2.24) is 10.2 Å². The summed E-state index contributed by atoms with van der Waals surface area (Å²) in [5, 5.41) is 2.67. The Balaban J connectivity index is 2.26. The van der Waals surface area contributed by atoms with Gasteiger partial charge >= 0.3 is 6.03 Å². The number of hydrogen-bond acceptors (Lipinski definition) is 1. The van der Waals surface area contributed by atoms with Crippen molar-refractivity contribution in [2.45, 2.75) is 26.4 Å². The van der Waals surface area contributed by atoms with Crippen LogP contribution in [0.3, 0.4) is 0 Å². The second kappa shape index (κ2) is 3.93. The molecule has 1 aromatic rings. The summed E-state index contributed by atoms with van der Waals surface area (Å²) in [6.07, 6.45) is 1.03. The van der Waals surface area contributed by atoms with Gasteiger partial charge in [0, 0.05) is 20.1 Å². The molecule has 0 unspecified atom stereocenters. The molecule has 3 heteroatoms. The third-order valence-corrected chi connectivity index (χ3v) is 2.96. The molecule has 1 aliphatic rings. The molecule has 1 aromatic carbocycles. The first-order valence-electron chi connectivity index (χ1n) is 5.32. The summed E-state index contributed by atoms with van der Waals surface area (Å²) in [4.78, 5) is 13.3. The minimum atomic E-state index is 0.00764. The van der Waals surface area contributed by atoms with Crippen LogP contribution in [-0.2, 0) is 19.5 Å². The van der Waals surface area contributed by atoms with Crippen LogP contribution < -0.4 is 5.32 Å². The number of benzene rings is 1. The van der Waals surface area contributed by atoms with Gasteiger partial charge in [-0.25, -0.2) is 4.79 Å². The highest BCUT2D eigenvalue weighted by molar-refractivity contribution is 5.74. The van der Waals surface area contributed by atoms with Crippen molar-refractivity contribution >= 4 is 6.03 Å². The molecule has 0 radical (unpaired) electrons. The lowest BCUT2D eigenvalue weighted by Crippen LogP contribution is -2.33. The predicted molar refractivity (Wildman–Crippen MR) is 59.5 cm³/mol. The summed E-state index contributed by atoms with van der Waals surface area (Å²) in [5.74, 6) is 0. The van der Waals surface area contributed by atoms with Crippen LogP contribution in [0.4, 0.5) is 4.79 Å². The Kier molecular flexibility index (Phi) is 2.62. The van der Waals surface area contributed by atoms with E-state index < -0.39 is 0 Å². The van der Waals surface area contributed by atoms with Gasteiger partial charge in [0.2, 0.25) is 0 Å². The molecule has 1 aliphatic heterocycles. The van der Waals surface area contributed by atoms with Gasteiger partial charge in [-0.2, -0.15) is 0 Å². The molecule has 0 saturated heterocycles. The van der Waals surface area contributed by atoms with Crippen molar-refractivity contribution in [3.8, 4) is 0 Å². The highest BCUT2D eigenvalue weighted by Gasteiger charge is 2.23. The lowest BCUT2D eigenvalue weighted by atomic mass is 10.0. The standard InChI is InChI=1S/C12H16N2O/c1-3-9-5-4-6-10-7-14(8-11(9)10)12(15)13-2/h4-6H,3,7-8H2,1-2H3,(H,13,15). The minimum absolute atomic E-state index is 0.00764. The van der Waals surface area contributed by atoms with Crippen LogP contribution in [0.2, 0.25) is 0 Å². The molecule has 0 saturated carbocycles. The quantitative estimate of drug-likeness (QED) is 0.744. The van der Waals surface area contributed by atoms with Gasteiger partial charge < -0.3 is 10.2 Å². The van der Waals surface area contributed by atoms with Gasteiger partial charge in [-0.05, 0) is 23.1 Å². The van der Waals surface area contributed by atoms with E-state index in [1.807, 2.05) is 4.90 Å². The number of carbonyl (C=O) groups excluding carboxylic acids is 1. The van der Waals surface area contributed by atoms with Crippen LogP contribution in [-0.4, -0.2) is 18.0 Å². The van der Waals surface area contributed by atoms with E-state index in [4.69, 9.17) is 0 Å². The number of urea groups is 1. The molecule has 2 amide bonds. The minimum Gasteiger partial charge on any atom is -0.341 e. The number of aryl methyl sites for hydroxylation is 1. The van der Waals surface area contributed by atoms with E-state index >= 15 is 0 Å². The van der Waals surface area contributed by atoms with Crippen molar-refractivity contribution in [2.24, 2.45) is 0 Å². The first-order valence-corrected chi connectivity index (χ1v) is 5.32. The zero-order valence-corrected chi connectivity index (χ0v) is 9.21. The van der Waals surface area contributed by atoms with Crippen LogP contribution in [0.25, 0.3) is 0 Å². The van der Waals surface area contributed by atoms with Gasteiger partial charge in [-0.1, -0.05) is 25.1 Å². The summed E-state index contributed by atoms with van der Waals surface area (Å²) >= 11 is 0. The Bertz CT molecular complexity index is 387. The Morgan fingerprint density at radius 3 is 2.93 bits per heavy atom. The molecule has 80 valence electrons. The number of amides is 2. The molecule has 0 bridgehead atoms. The van der Waals surface area contributed by atoms with E-state index in [0.717, 1.165) is 19.5 Å². The van der Waals surface area contributed by atoms with Crippen LogP contribution in [0.15, 0.2) is 18.2 Å².